The van der Waals surface area contributed by atoms with Crippen molar-refractivity contribution in [2.75, 3.05) is 32.2 Å². The molecule has 0 radical (unpaired) electrons. The van der Waals surface area contributed by atoms with Crippen molar-refractivity contribution in [2.45, 2.75) is 31.7 Å². The van der Waals surface area contributed by atoms with Gasteiger partial charge in [-0.2, -0.15) is 11.8 Å². The lowest BCUT2D eigenvalue weighted by Gasteiger charge is -2.33. The second-order valence-corrected chi connectivity index (χ2v) is 7.41. The van der Waals surface area contributed by atoms with Crippen LogP contribution < -0.4 is 5.32 Å². The fourth-order valence-corrected chi connectivity index (χ4v) is 3.63. The first-order valence-corrected chi connectivity index (χ1v) is 10.2. The second-order valence-electron chi connectivity index (χ2n) is 6.43. The zero-order valence-corrected chi connectivity index (χ0v) is 15.9. The van der Waals surface area contributed by atoms with E-state index in [-0.39, 0.29) is 12.0 Å². The molecule has 5 nitrogen and oxygen atoms in total. The fraction of sp³-hybridized carbons (Fsp3) is 0.579. The van der Waals surface area contributed by atoms with Crippen LogP contribution in [0.2, 0.25) is 0 Å². The number of piperidine rings is 1. The van der Waals surface area contributed by atoms with Gasteiger partial charge in [0, 0.05) is 13.1 Å². The van der Waals surface area contributed by atoms with E-state index in [0.717, 1.165) is 38.1 Å². The molecule has 1 aliphatic heterocycles. The summed E-state index contributed by atoms with van der Waals surface area (Å²) in [4.78, 5) is 26.1. The molecular formula is C19H28N2O3S. The van der Waals surface area contributed by atoms with Gasteiger partial charge < -0.3 is 15.0 Å². The van der Waals surface area contributed by atoms with Gasteiger partial charge in [0.05, 0.1) is 7.11 Å². The molecule has 1 aliphatic rings. The van der Waals surface area contributed by atoms with Gasteiger partial charge >= 0.3 is 12.0 Å². The van der Waals surface area contributed by atoms with E-state index in [1.807, 2.05) is 17.2 Å². The smallest absolute Gasteiger partial charge is 0.328 e. The molecule has 138 valence electrons. The maximum atomic E-state index is 12.5. The van der Waals surface area contributed by atoms with E-state index in [1.165, 1.54) is 12.7 Å². The van der Waals surface area contributed by atoms with Crippen molar-refractivity contribution in [3.63, 3.8) is 0 Å². The molecule has 1 N–H and O–H groups in total. The van der Waals surface area contributed by atoms with Crippen molar-refractivity contribution < 1.29 is 14.3 Å². The van der Waals surface area contributed by atoms with Crippen molar-refractivity contribution >= 4 is 23.8 Å². The molecule has 0 spiro atoms. The van der Waals surface area contributed by atoms with E-state index in [0.29, 0.717) is 12.3 Å². The van der Waals surface area contributed by atoms with Crippen LogP contribution in [0.3, 0.4) is 0 Å². The number of hydrogen-bond acceptors (Lipinski definition) is 4. The van der Waals surface area contributed by atoms with E-state index in [9.17, 15) is 9.59 Å². The van der Waals surface area contributed by atoms with Crippen molar-refractivity contribution in [3.8, 4) is 0 Å². The molecule has 1 aromatic carbocycles. The van der Waals surface area contributed by atoms with Crippen LogP contribution in [0.1, 0.15) is 24.8 Å². The molecule has 1 atom stereocenters. The van der Waals surface area contributed by atoms with Crippen molar-refractivity contribution in [3.05, 3.63) is 35.9 Å². The van der Waals surface area contributed by atoms with Crippen molar-refractivity contribution in [2.24, 2.45) is 5.92 Å². The molecule has 1 heterocycles. The van der Waals surface area contributed by atoms with Gasteiger partial charge in [-0.05, 0) is 49.2 Å². The van der Waals surface area contributed by atoms with Gasteiger partial charge in [0.15, 0.2) is 0 Å². The lowest BCUT2D eigenvalue weighted by Crippen LogP contribution is -2.50. The maximum Gasteiger partial charge on any atom is 0.328 e. The monoisotopic (exact) mass is 364 g/mol. The molecule has 0 aromatic heterocycles. The SMILES string of the molecule is COC(=O)C(CCSC)NC(=O)N1CCC(Cc2ccccc2)CC1. The molecule has 6 heteroatoms. The number of carbonyl (C=O) groups excluding carboxylic acids is 2. The van der Waals surface area contributed by atoms with Crippen molar-refractivity contribution in [1.82, 2.24) is 10.2 Å². The summed E-state index contributed by atoms with van der Waals surface area (Å²) in [6, 6.07) is 9.77. The Hall–Kier alpha value is -1.69. The summed E-state index contributed by atoms with van der Waals surface area (Å²) in [5.41, 5.74) is 1.35. The number of rotatable bonds is 7. The number of nitrogens with one attached hydrogen (secondary N) is 1. The normalized spacial score (nSPS) is 16.3. The number of methoxy groups -OCH3 is 1. The van der Waals surface area contributed by atoms with Crippen LogP contribution in [0.25, 0.3) is 0 Å². The van der Waals surface area contributed by atoms with Gasteiger partial charge in [0.2, 0.25) is 0 Å². The summed E-state index contributed by atoms with van der Waals surface area (Å²) in [5, 5.41) is 2.84. The predicted molar refractivity (Wildman–Crippen MR) is 102 cm³/mol. The second kappa shape index (κ2) is 10.3. The summed E-state index contributed by atoms with van der Waals surface area (Å²) in [5.74, 6) is 1.04. The number of urea groups is 1. The van der Waals surface area contributed by atoms with Crippen LogP contribution in [0.15, 0.2) is 30.3 Å². The summed E-state index contributed by atoms with van der Waals surface area (Å²) >= 11 is 1.65. The third-order valence-corrected chi connectivity index (χ3v) is 5.31. The molecule has 25 heavy (non-hydrogen) atoms. The Morgan fingerprint density at radius 3 is 2.56 bits per heavy atom. The summed E-state index contributed by atoms with van der Waals surface area (Å²) in [6.45, 7) is 1.47. The summed E-state index contributed by atoms with van der Waals surface area (Å²) in [7, 11) is 1.36. The number of esters is 1. The van der Waals surface area contributed by atoms with E-state index >= 15 is 0 Å². The molecular weight excluding hydrogens is 336 g/mol. The molecule has 2 amide bonds. The van der Waals surface area contributed by atoms with Crippen LogP contribution in [0.5, 0.6) is 0 Å². The zero-order chi connectivity index (χ0) is 18.1. The summed E-state index contributed by atoms with van der Waals surface area (Å²) < 4.78 is 4.80. The molecule has 0 saturated carbocycles. The van der Waals surface area contributed by atoms with Crippen molar-refractivity contribution in [1.29, 1.82) is 0 Å². The molecule has 1 fully saturated rings. The minimum Gasteiger partial charge on any atom is -0.467 e. The number of ether oxygens (including phenoxy) is 1. The standard InChI is InChI=1S/C19H28N2O3S/c1-24-18(22)17(10-13-25-2)20-19(23)21-11-8-16(9-12-21)14-15-6-4-3-5-7-15/h3-7,16-17H,8-14H2,1-2H3,(H,20,23). The Kier molecular flexibility index (Phi) is 8.12. The number of benzene rings is 1. The number of likely N-dealkylation sites (tertiary alicyclic amines) is 1. The number of thioether (sulfide) groups is 1. The van der Waals surface area contributed by atoms with Gasteiger partial charge in [0.25, 0.3) is 0 Å². The number of carbonyl (C=O) groups is 2. The van der Waals surface area contributed by atoms with Crippen LogP contribution in [0, 0.1) is 5.92 Å². The Morgan fingerprint density at radius 1 is 1.28 bits per heavy atom. The minimum atomic E-state index is -0.563. The number of hydrogen-bond donors (Lipinski definition) is 1. The first-order chi connectivity index (χ1) is 12.1. The number of nitrogens with zero attached hydrogens (tertiary/aromatic N) is 1. The highest BCUT2D eigenvalue weighted by molar-refractivity contribution is 7.98. The highest BCUT2D eigenvalue weighted by Gasteiger charge is 2.27. The van der Waals surface area contributed by atoms with Gasteiger partial charge in [0.1, 0.15) is 6.04 Å². The third-order valence-electron chi connectivity index (χ3n) is 4.66. The average Bonchev–Trinajstić information content (AvgIpc) is 2.65. The van der Waals surface area contributed by atoms with Gasteiger partial charge in [-0.1, -0.05) is 30.3 Å². The van der Waals surface area contributed by atoms with Crippen LogP contribution >= 0.6 is 11.8 Å². The molecule has 1 saturated heterocycles. The Balaban J connectivity index is 1.80. The lowest BCUT2D eigenvalue weighted by atomic mass is 9.90. The Morgan fingerprint density at radius 2 is 1.96 bits per heavy atom. The van der Waals surface area contributed by atoms with E-state index in [1.54, 1.807) is 11.8 Å². The quantitative estimate of drug-likeness (QED) is 0.756. The van der Waals surface area contributed by atoms with Crippen LogP contribution in [-0.2, 0) is 16.0 Å². The van der Waals surface area contributed by atoms with Crippen LogP contribution in [0.4, 0.5) is 4.79 Å². The molecule has 0 bridgehead atoms. The van der Waals surface area contributed by atoms with Gasteiger partial charge in [-0.15, -0.1) is 0 Å². The van der Waals surface area contributed by atoms with Gasteiger partial charge in [-0.3, -0.25) is 0 Å². The van der Waals surface area contributed by atoms with Gasteiger partial charge in [-0.25, -0.2) is 9.59 Å². The third kappa shape index (κ3) is 6.27. The van der Waals surface area contributed by atoms with E-state index in [2.05, 4.69) is 29.6 Å². The van der Waals surface area contributed by atoms with E-state index < -0.39 is 6.04 Å². The Bertz CT molecular complexity index is 545. The Labute approximate surface area is 154 Å². The zero-order valence-electron chi connectivity index (χ0n) is 15.1. The topological polar surface area (TPSA) is 58.6 Å². The highest BCUT2D eigenvalue weighted by Crippen LogP contribution is 2.21. The van der Waals surface area contributed by atoms with E-state index in [4.69, 9.17) is 4.74 Å². The maximum absolute atomic E-state index is 12.5. The largest absolute Gasteiger partial charge is 0.467 e. The molecule has 0 aliphatic carbocycles. The average molecular weight is 365 g/mol. The molecule has 1 unspecified atom stereocenters. The first-order valence-electron chi connectivity index (χ1n) is 8.80. The van der Waals surface area contributed by atoms with Crippen LogP contribution in [-0.4, -0.2) is 55.2 Å². The highest BCUT2D eigenvalue weighted by atomic mass is 32.2. The molecule has 2 rings (SSSR count). The number of amides is 2. The first kappa shape index (κ1) is 19.6. The molecule has 1 aromatic rings. The minimum absolute atomic E-state index is 0.158. The fourth-order valence-electron chi connectivity index (χ4n) is 3.15. The predicted octanol–water partition coefficient (Wildman–Crippen LogP) is 2.95. The summed E-state index contributed by atoms with van der Waals surface area (Å²) in [6.07, 6.45) is 5.62. The lowest BCUT2D eigenvalue weighted by molar-refractivity contribution is -0.142.